The maximum Gasteiger partial charge on any atom is 0.283 e. The Morgan fingerprint density at radius 2 is 2.35 bits per heavy atom. The molecule has 0 aliphatic rings. The number of hydrogen-bond donors (Lipinski definition) is 1. The van der Waals surface area contributed by atoms with Crippen molar-refractivity contribution in [3.63, 3.8) is 0 Å². The van der Waals surface area contributed by atoms with Gasteiger partial charge >= 0.3 is 0 Å². The molecule has 2 rings (SSSR count). The molecule has 5 nitrogen and oxygen atoms in total. The first kappa shape index (κ1) is 14.8. The van der Waals surface area contributed by atoms with Crippen molar-refractivity contribution in [1.29, 1.82) is 0 Å². The van der Waals surface area contributed by atoms with Gasteiger partial charge in [-0.25, -0.2) is 4.68 Å². The Kier molecular flexibility index (Phi) is 5.40. The zero-order valence-corrected chi connectivity index (χ0v) is 13.0. The molecule has 0 unspecified atom stereocenters. The van der Waals surface area contributed by atoms with Crippen molar-refractivity contribution < 1.29 is 4.42 Å². The highest BCUT2D eigenvalue weighted by molar-refractivity contribution is 9.10. The van der Waals surface area contributed by atoms with Gasteiger partial charge in [0.2, 0.25) is 0 Å². The number of anilines is 1. The molecule has 0 spiro atoms. The summed E-state index contributed by atoms with van der Waals surface area (Å²) in [6.45, 7) is 3.43. The molecule has 6 heteroatoms. The van der Waals surface area contributed by atoms with Crippen LogP contribution in [0.15, 0.2) is 38.3 Å². The average molecular weight is 340 g/mol. The van der Waals surface area contributed by atoms with Crippen LogP contribution in [-0.4, -0.2) is 16.3 Å². The Morgan fingerprint density at radius 1 is 1.50 bits per heavy atom. The number of aryl methyl sites for hydroxylation is 1. The van der Waals surface area contributed by atoms with Crippen molar-refractivity contribution in [2.24, 2.45) is 0 Å². The lowest BCUT2D eigenvalue weighted by Gasteiger charge is -2.09. The van der Waals surface area contributed by atoms with Crippen LogP contribution in [0, 0.1) is 0 Å². The van der Waals surface area contributed by atoms with E-state index in [1.165, 1.54) is 4.68 Å². The second-order valence-corrected chi connectivity index (χ2v) is 5.30. The molecular weight excluding hydrogens is 322 g/mol. The van der Waals surface area contributed by atoms with E-state index < -0.39 is 0 Å². The normalized spacial score (nSPS) is 10.7. The van der Waals surface area contributed by atoms with Crippen molar-refractivity contribution in [3.8, 4) is 0 Å². The van der Waals surface area contributed by atoms with Gasteiger partial charge in [0, 0.05) is 19.5 Å². The average Bonchev–Trinajstić information content (AvgIpc) is 2.96. The van der Waals surface area contributed by atoms with Crippen LogP contribution >= 0.6 is 15.9 Å². The lowest BCUT2D eigenvalue weighted by molar-refractivity contribution is 0.512. The van der Waals surface area contributed by atoms with Crippen molar-refractivity contribution >= 4 is 21.6 Å². The molecule has 108 valence electrons. The fourth-order valence-electron chi connectivity index (χ4n) is 1.83. The number of aromatic nitrogens is 2. The molecule has 2 heterocycles. The quantitative estimate of drug-likeness (QED) is 0.842. The van der Waals surface area contributed by atoms with E-state index in [0.29, 0.717) is 23.2 Å². The molecule has 0 amide bonds. The molecule has 0 aliphatic heterocycles. The van der Waals surface area contributed by atoms with Gasteiger partial charge in [-0.05, 0) is 34.5 Å². The van der Waals surface area contributed by atoms with Gasteiger partial charge in [-0.15, -0.1) is 0 Å². The van der Waals surface area contributed by atoms with Crippen molar-refractivity contribution in [2.45, 2.75) is 32.7 Å². The minimum absolute atomic E-state index is 0.0959. The van der Waals surface area contributed by atoms with Crippen LogP contribution in [0.5, 0.6) is 0 Å². The second-order valence-electron chi connectivity index (χ2n) is 4.51. The highest BCUT2D eigenvalue weighted by Gasteiger charge is 2.08. The minimum atomic E-state index is -0.0959. The predicted molar refractivity (Wildman–Crippen MR) is 82.0 cm³/mol. The SMILES string of the molecule is CCCCn1ncc(NCCc2ccco2)c(Br)c1=O. The summed E-state index contributed by atoms with van der Waals surface area (Å²) >= 11 is 3.34. The summed E-state index contributed by atoms with van der Waals surface area (Å²) in [4.78, 5) is 12.1. The van der Waals surface area contributed by atoms with Crippen molar-refractivity contribution in [3.05, 3.63) is 45.2 Å². The van der Waals surface area contributed by atoms with E-state index in [1.54, 1.807) is 12.5 Å². The van der Waals surface area contributed by atoms with Gasteiger partial charge < -0.3 is 9.73 Å². The molecule has 0 radical (unpaired) electrons. The van der Waals surface area contributed by atoms with E-state index in [4.69, 9.17) is 4.42 Å². The Labute approximate surface area is 126 Å². The van der Waals surface area contributed by atoms with Gasteiger partial charge in [-0.1, -0.05) is 13.3 Å². The summed E-state index contributed by atoms with van der Waals surface area (Å²) in [6.07, 6.45) is 6.09. The molecule has 0 fully saturated rings. The number of nitrogens with zero attached hydrogens (tertiary/aromatic N) is 2. The monoisotopic (exact) mass is 339 g/mol. The first-order valence-electron chi connectivity index (χ1n) is 6.74. The van der Waals surface area contributed by atoms with Crippen LogP contribution in [0.4, 0.5) is 5.69 Å². The molecule has 0 saturated carbocycles. The fourth-order valence-corrected chi connectivity index (χ4v) is 2.28. The number of furan rings is 1. The van der Waals surface area contributed by atoms with E-state index >= 15 is 0 Å². The maximum absolute atomic E-state index is 12.1. The Hall–Kier alpha value is -1.56. The molecule has 20 heavy (non-hydrogen) atoms. The van der Waals surface area contributed by atoms with Gasteiger partial charge in [-0.3, -0.25) is 4.79 Å². The third kappa shape index (κ3) is 3.72. The zero-order valence-electron chi connectivity index (χ0n) is 11.4. The Bertz CT molecular complexity index is 593. The number of unbranched alkanes of at least 4 members (excludes halogenated alkanes) is 1. The number of rotatable bonds is 7. The molecule has 0 bridgehead atoms. The molecule has 2 aromatic heterocycles. The molecule has 0 aromatic carbocycles. The predicted octanol–water partition coefficient (Wildman–Crippen LogP) is 3.05. The molecule has 2 aromatic rings. The molecule has 0 saturated heterocycles. The van der Waals surface area contributed by atoms with Gasteiger partial charge in [0.1, 0.15) is 10.2 Å². The first-order chi connectivity index (χ1) is 9.72. The number of nitrogens with one attached hydrogen (secondary N) is 1. The van der Waals surface area contributed by atoms with Gasteiger partial charge in [0.25, 0.3) is 5.56 Å². The van der Waals surface area contributed by atoms with Crippen LogP contribution in [-0.2, 0) is 13.0 Å². The highest BCUT2D eigenvalue weighted by atomic mass is 79.9. The number of hydrogen-bond acceptors (Lipinski definition) is 4. The van der Waals surface area contributed by atoms with E-state index in [1.807, 2.05) is 12.1 Å². The van der Waals surface area contributed by atoms with Gasteiger partial charge in [0.05, 0.1) is 18.1 Å². The molecular formula is C14H18BrN3O2. The molecule has 0 aliphatic carbocycles. The van der Waals surface area contributed by atoms with Gasteiger partial charge in [0.15, 0.2) is 0 Å². The summed E-state index contributed by atoms with van der Waals surface area (Å²) in [6, 6.07) is 3.79. The largest absolute Gasteiger partial charge is 0.469 e. The zero-order chi connectivity index (χ0) is 14.4. The van der Waals surface area contributed by atoms with Crippen molar-refractivity contribution in [1.82, 2.24) is 9.78 Å². The fraction of sp³-hybridized carbons (Fsp3) is 0.429. The van der Waals surface area contributed by atoms with Crippen LogP contribution in [0.25, 0.3) is 0 Å². The van der Waals surface area contributed by atoms with Crippen molar-refractivity contribution in [2.75, 3.05) is 11.9 Å². The summed E-state index contributed by atoms with van der Waals surface area (Å²) < 4.78 is 7.28. The van der Waals surface area contributed by atoms with Crippen LogP contribution in [0.1, 0.15) is 25.5 Å². The lowest BCUT2D eigenvalue weighted by Crippen LogP contribution is -2.24. The lowest BCUT2D eigenvalue weighted by atomic mass is 10.3. The summed E-state index contributed by atoms with van der Waals surface area (Å²) in [5.74, 6) is 0.915. The third-order valence-corrected chi connectivity index (χ3v) is 3.74. The summed E-state index contributed by atoms with van der Waals surface area (Å²) in [7, 11) is 0. The minimum Gasteiger partial charge on any atom is -0.469 e. The second kappa shape index (κ2) is 7.28. The van der Waals surface area contributed by atoms with E-state index in [2.05, 4.69) is 33.3 Å². The number of halogens is 1. The smallest absolute Gasteiger partial charge is 0.283 e. The first-order valence-corrected chi connectivity index (χ1v) is 7.53. The van der Waals surface area contributed by atoms with E-state index in [9.17, 15) is 4.79 Å². The summed E-state index contributed by atoms with van der Waals surface area (Å²) in [5.41, 5.74) is 0.621. The maximum atomic E-state index is 12.1. The standard InChI is InChI=1S/C14H18BrN3O2/c1-2-3-8-18-14(19)13(15)12(10-17-18)16-7-6-11-5-4-9-20-11/h4-5,9-10,16H,2-3,6-8H2,1H3. The molecule has 0 atom stereocenters. The van der Waals surface area contributed by atoms with Crippen LogP contribution < -0.4 is 10.9 Å². The van der Waals surface area contributed by atoms with Crippen LogP contribution in [0.2, 0.25) is 0 Å². The Morgan fingerprint density at radius 3 is 3.05 bits per heavy atom. The van der Waals surface area contributed by atoms with Crippen LogP contribution in [0.3, 0.4) is 0 Å². The van der Waals surface area contributed by atoms with Gasteiger partial charge in [-0.2, -0.15) is 5.10 Å². The van der Waals surface area contributed by atoms with E-state index in [0.717, 1.165) is 25.0 Å². The Balaban J connectivity index is 1.98. The third-order valence-electron chi connectivity index (χ3n) is 2.98. The topological polar surface area (TPSA) is 60.1 Å². The molecule has 1 N–H and O–H groups in total. The van der Waals surface area contributed by atoms with E-state index in [-0.39, 0.29) is 5.56 Å². The summed E-state index contributed by atoms with van der Waals surface area (Å²) in [5, 5.41) is 7.37. The highest BCUT2D eigenvalue weighted by Crippen LogP contribution is 2.16.